The van der Waals surface area contributed by atoms with E-state index in [0.717, 1.165) is 11.3 Å². The van der Waals surface area contributed by atoms with Gasteiger partial charge in [-0.1, -0.05) is 0 Å². The van der Waals surface area contributed by atoms with Crippen LogP contribution >= 0.6 is 0 Å². The molecule has 1 heterocycles. The van der Waals surface area contributed by atoms with E-state index in [1.165, 1.54) is 0 Å². The van der Waals surface area contributed by atoms with E-state index in [9.17, 15) is 9.90 Å². The van der Waals surface area contributed by atoms with E-state index in [2.05, 4.69) is 5.32 Å². The first-order valence-corrected chi connectivity index (χ1v) is 4.48. The van der Waals surface area contributed by atoms with Crippen molar-refractivity contribution in [2.45, 2.75) is 18.9 Å². The van der Waals surface area contributed by atoms with Gasteiger partial charge in [0, 0.05) is 5.69 Å². The number of carbonyl (C=O) groups is 1. The van der Waals surface area contributed by atoms with E-state index >= 15 is 0 Å². The van der Waals surface area contributed by atoms with E-state index in [1.54, 1.807) is 18.2 Å². The highest BCUT2D eigenvalue weighted by atomic mass is 16.4. The van der Waals surface area contributed by atoms with Crippen molar-refractivity contribution in [1.82, 2.24) is 0 Å². The highest BCUT2D eigenvalue weighted by molar-refractivity contribution is 5.79. The molecule has 3 N–H and O–H groups in total. The molecule has 0 spiro atoms. The van der Waals surface area contributed by atoms with Gasteiger partial charge in [-0.25, -0.2) is 4.79 Å². The lowest BCUT2D eigenvalue weighted by atomic mass is 9.98. The van der Waals surface area contributed by atoms with Crippen molar-refractivity contribution in [2.75, 3.05) is 5.32 Å². The largest absolute Gasteiger partial charge is 0.508 e. The van der Waals surface area contributed by atoms with E-state index < -0.39 is 12.0 Å². The molecule has 1 aliphatic rings. The van der Waals surface area contributed by atoms with Crippen LogP contribution in [-0.2, 0) is 11.2 Å². The molecule has 0 radical (unpaired) electrons. The van der Waals surface area contributed by atoms with Gasteiger partial charge in [0.05, 0.1) is 0 Å². The molecule has 74 valence electrons. The number of carboxylic acids is 1. The zero-order valence-electron chi connectivity index (χ0n) is 7.53. The van der Waals surface area contributed by atoms with Crippen molar-refractivity contribution in [3.8, 4) is 5.75 Å². The molecule has 1 aromatic carbocycles. The Bertz CT molecular complexity index is 376. The summed E-state index contributed by atoms with van der Waals surface area (Å²) in [6.45, 7) is 0. The van der Waals surface area contributed by atoms with Crippen LogP contribution in [0.4, 0.5) is 5.69 Å². The van der Waals surface area contributed by atoms with Gasteiger partial charge in [-0.2, -0.15) is 0 Å². The Balaban J connectivity index is 2.27. The number of aryl methyl sites for hydroxylation is 1. The molecule has 0 aliphatic carbocycles. The maximum Gasteiger partial charge on any atom is 0.326 e. The minimum atomic E-state index is -0.830. The third-order valence-electron chi connectivity index (χ3n) is 2.42. The maximum absolute atomic E-state index is 10.7. The summed E-state index contributed by atoms with van der Waals surface area (Å²) in [5.41, 5.74) is 1.78. The molecule has 1 aliphatic heterocycles. The zero-order valence-corrected chi connectivity index (χ0v) is 7.53. The first kappa shape index (κ1) is 8.87. The fraction of sp³-hybridized carbons (Fsp3) is 0.300. The number of carboxylic acid groups (broad SMARTS) is 1. The SMILES string of the molecule is O=C(O)C1CCc2cc(O)ccc2N1. The molecule has 2 rings (SSSR count). The van der Waals surface area contributed by atoms with Gasteiger partial charge in [-0.15, -0.1) is 0 Å². The summed E-state index contributed by atoms with van der Waals surface area (Å²) >= 11 is 0. The number of phenolic OH excluding ortho intramolecular Hbond substituents is 1. The first-order chi connectivity index (χ1) is 6.66. The average molecular weight is 193 g/mol. The standard InChI is InChI=1S/C10H11NO3/c12-7-2-4-8-6(5-7)1-3-9(11-8)10(13)14/h2,4-5,9,11-12H,1,3H2,(H,13,14). The summed E-state index contributed by atoms with van der Waals surface area (Å²) in [5.74, 6) is -0.608. The minimum absolute atomic E-state index is 0.222. The van der Waals surface area contributed by atoms with Crippen molar-refractivity contribution in [3.05, 3.63) is 23.8 Å². The molecular formula is C10H11NO3. The second-order valence-corrected chi connectivity index (χ2v) is 3.42. The van der Waals surface area contributed by atoms with Crippen LogP contribution in [0.3, 0.4) is 0 Å². The van der Waals surface area contributed by atoms with Crippen LogP contribution in [0.1, 0.15) is 12.0 Å². The van der Waals surface area contributed by atoms with Gasteiger partial charge in [-0.05, 0) is 36.6 Å². The topological polar surface area (TPSA) is 69.6 Å². The molecule has 4 nitrogen and oxygen atoms in total. The van der Waals surface area contributed by atoms with E-state index in [-0.39, 0.29) is 5.75 Å². The van der Waals surface area contributed by atoms with E-state index in [4.69, 9.17) is 5.11 Å². The van der Waals surface area contributed by atoms with Gasteiger partial charge < -0.3 is 15.5 Å². The number of fused-ring (bicyclic) bond motifs is 1. The molecule has 4 heteroatoms. The Kier molecular flexibility index (Phi) is 2.04. The van der Waals surface area contributed by atoms with Gasteiger partial charge in [0.2, 0.25) is 0 Å². The second-order valence-electron chi connectivity index (χ2n) is 3.42. The molecule has 0 aromatic heterocycles. The average Bonchev–Trinajstić information content (AvgIpc) is 2.16. The molecule has 0 saturated carbocycles. The summed E-state index contributed by atoms with van der Waals surface area (Å²) in [6, 6.07) is 4.42. The predicted molar refractivity (Wildman–Crippen MR) is 51.5 cm³/mol. The molecule has 0 fully saturated rings. The van der Waals surface area contributed by atoms with E-state index in [1.807, 2.05) is 0 Å². The number of anilines is 1. The van der Waals surface area contributed by atoms with Crippen molar-refractivity contribution in [2.24, 2.45) is 0 Å². The molecule has 0 bridgehead atoms. The maximum atomic E-state index is 10.7. The summed E-state index contributed by atoms with van der Waals surface area (Å²) in [5, 5.41) is 20.9. The number of hydrogen-bond acceptors (Lipinski definition) is 3. The highest BCUT2D eigenvalue weighted by Gasteiger charge is 2.23. The number of aliphatic carboxylic acids is 1. The van der Waals surface area contributed by atoms with Gasteiger partial charge >= 0.3 is 5.97 Å². The number of benzene rings is 1. The lowest BCUT2D eigenvalue weighted by Crippen LogP contribution is -2.33. The summed E-state index contributed by atoms with van der Waals surface area (Å²) in [7, 11) is 0. The lowest BCUT2D eigenvalue weighted by Gasteiger charge is -2.23. The summed E-state index contributed by atoms with van der Waals surface area (Å²) in [4.78, 5) is 10.7. The molecule has 0 saturated heterocycles. The van der Waals surface area contributed by atoms with Crippen molar-refractivity contribution in [3.63, 3.8) is 0 Å². The summed E-state index contributed by atoms with van der Waals surface area (Å²) in [6.07, 6.45) is 1.25. The van der Waals surface area contributed by atoms with Crippen LogP contribution in [-0.4, -0.2) is 22.2 Å². The lowest BCUT2D eigenvalue weighted by molar-refractivity contribution is -0.138. The third kappa shape index (κ3) is 1.51. The van der Waals surface area contributed by atoms with Crippen LogP contribution in [0, 0.1) is 0 Å². The van der Waals surface area contributed by atoms with Crippen LogP contribution in [0.2, 0.25) is 0 Å². The Hall–Kier alpha value is -1.71. The van der Waals surface area contributed by atoms with Gasteiger partial charge in [0.25, 0.3) is 0 Å². The van der Waals surface area contributed by atoms with Crippen LogP contribution in [0.15, 0.2) is 18.2 Å². The number of phenols is 1. The Morgan fingerprint density at radius 2 is 2.29 bits per heavy atom. The second kappa shape index (κ2) is 3.21. The van der Waals surface area contributed by atoms with Crippen LogP contribution in [0.25, 0.3) is 0 Å². The van der Waals surface area contributed by atoms with Crippen molar-refractivity contribution in [1.29, 1.82) is 0 Å². The fourth-order valence-corrected chi connectivity index (χ4v) is 1.67. The number of nitrogens with one attached hydrogen (secondary N) is 1. The van der Waals surface area contributed by atoms with Crippen molar-refractivity contribution >= 4 is 11.7 Å². The van der Waals surface area contributed by atoms with Gasteiger partial charge in [-0.3, -0.25) is 0 Å². The zero-order chi connectivity index (χ0) is 10.1. The third-order valence-corrected chi connectivity index (χ3v) is 2.42. The summed E-state index contributed by atoms with van der Waals surface area (Å²) < 4.78 is 0. The Labute approximate surface area is 81.2 Å². The smallest absolute Gasteiger partial charge is 0.326 e. The van der Waals surface area contributed by atoms with E-state index in [0.29, 0.717) is 12.8 Å². The minimum Gasteiger partial charge on any atom is -0.508 e. The normalized spacial score (nSPS) is 19.6. The number of aromatic hydroxyl groups is 1. The molecule has 1 atom stereocenters. The Morgan fingerprint density at radius 1 is 1.50 bits per heavy atom. The van der Waals surface area contributed by atoms with Crippen LogP contribution < -0.4 is 5.32 Å². The monoisotopic (exact) mass is 193 g/mol. The number of rotatable bonds is 1. The molecule has 1 unspecified atom stereocenters. The number of hydrogen-bond donors (Lipinski definition) is 3. The van der Waals surface area contributed by atoms with Gasteiger partial charge in [0.15, 0.2) is 0 Å². The molecular weight excluding hydrogens is 182 g/mol. The fourth-order valence-electron chi connectivity index (χ4n) is 1.67. The molecule has 1 aromatic rings. The quantitative estimate of drug-likeness (QED) is 0.586. The highest BCUT2D eigenvalue weighted by Crippen LogP contribution is 2.27. The van der Waals surface area contributed by atoms with Gasteiger partial charge in [0.1, 0.15) is 11.8 Å². The predicted octanol–water partition coefficient (Wildman–Crippen LogP) is 1.20. The molecule has 14 heavy (non-hydrogen) atoms. The first-order valence-electron chi connectivity index (χ1n) is 4.48. The molecule has 0 amide bonds. The van der Waals surface area contributed by atoms with Crippen LogP contribution in [0.5, 0.6) is 5.75 Å². The Morgan fingerprint density at radius 3 is 3.00 bits per heavy atom. The van der Waals surface area contributed by atoms with Crippen molar-refractivity contribution < 1.29 is 15.0 Å².